The van der Waals surface area contributed by atoms with E-state index >= 15 is 0 Å². The second-order valence-corrected chi connectivity index (χ2v) is 10.9. The molecule has 0 aromatic carbocycles. The van der Waals surface area contributed by atoms with Gasteiger partial charge >= 0.3 is 5.97 Å². The summed E-state index contributed by atoms with van der Waals surface area (Å²) in [7, 11) is -3.50. The summed E-state index contributed by atoms with van der Waals surface area (Å²) >= 11 is 0. The van der Waals surface area contributed by atoms with Crippen molar-refractivity contribution in [3.05, 3.63) is 25.0 Å². The molecule has 15 heteroatoms. The third-order valence-electron chi connectivity index (χ3n) is 5.86. The maximum Gasteiger partial charge on any atom is 0.323 e. The number of anilines is 1. The molecule has 4 heterocycles. The van der Waals surface area contributed by atoms with E-state index in [1.807, 2.05) is 0 Å². The van der Waals surface area contributed by atoms with Crippen molar-refractivity contribution in [1.82, 2.24) is 24.6 Å². The van der Waals surface area contributed by atoms with Gasteiger partial charge in [-0.2, -0.15) is 0 Å². The van der Waals surface area contributed by atoms with Gasteiger partial charge in [0.05, 0.1) is 30.4 Å². The maximum atomic E-state index is 12.9. The largest absolute Gasteiger partial charge is 0.465 e. The van der Waals surface area contributed by atoms with Crippen LogP contribution < -0.4 is 10.8 Å². The Morgan fingerprint density at radius 1 is 1.42 bits per heavy atom. The van der Waals surface area contributed by atoms with E-state index in [1.165, 1.54) is 43.9 Å². The van der Waals surface area contributed by atoms with E-state index in [-0.39, 0.29) is 24.9 Å². The number of esters is 1. The van der Waals surface area contributed by atoms with Gasteiger partial charge in [-0.25, -0.2) is 20.0 Å². The Kier molecular flexibility index (Phi) is 7.19. The van der Waals surface area contributed by atoms with Crippen molar-refractivity contribution in [2.75, 3.05) is 25.6 Å². The molecule has 1 saturated heterocycles. The summed E-state index contributed by atoms with van der Waals surface area (Å²) in [6, 6.07) is -0.879. The molecule has 36 heavy (non-hydrogen) atoms. The first-order chi connectivity index (χ1) is 17.0. The smallest absolute Gasteiger partial charge is 0.323 e. The fourth-order valence-electron chi connectivity index (χ4n) is 4.11. The van der Waals surface area contributed by atoms with E-state index in [0.717, 1.165) is 0 Å². The number of hydrogen-bond acceptors (Lipinski definition) is 12. The van der Waals surface area contributed by atoms with Crippen LogP contribution in [-0.2, 0) is 23.4 Å². The Morgan fingerprint density at radius 3 is 2.83 bits per heavy atom. The Hall–Kier alpha value is -2.87. The predicted molar refractivity (Wildman–Crippen MR) is 127 cm³/mol. The molecule has 0 radical (unpaired) electrons. The van der Waals surface area contributed by atoms with Crippen LogP contribution in [0.1, 0.15) is 27.0 Å². The number of carbonyl (C=O) groups is 1. The molecule has 0 saturated carbocycles. The fourth-order valence-corrected chi connectivity index (χ4v) is 5.42. The molecule has 196 valence electrons. The predicted octanol–water partition coefficient (Wildman–Crippen LogP) is 1.06. The second kappa shape index (κ2) is 9.88. The number of aliphatic hydroxyl groups excluding tert-OH is 1. The number of nitrogens with one attached hydrogen (secondary N) is 1. The molecule has 14 nitrogen and oxygen atoms in total. The molecule has 5 N–H and O–H groups in total. The monoisotopic (exact) mass is 524 g/mol. The van der Waals surface area contributed by atoms with E-state index in [4.69, 9.17) is 24.1 Å². The van der Waals surface area contributed by atoms with Gasteiger partial charge in [0.1, 0.15) is 47.9 Å². The number of aliphatic hydroxyl groups is 2. The van der Waals surface area contributed by atoms with Crippen LogP contribution in [0.3, 0.4) is 0 Å². The van der Waals surface area contributed by atoms with Crippen molar-refractivity contribution < 1.29 is 38.0 Å². The zero-order valence-electron chi connectivity index (χ0n) is 20.2. The Bertz CT molecular complexity index is 1280. The third-order valence-corrected chi connectivity index (χ3v) is 7.36. The maximum absolute atomic E-state index is 12.9. The van der Waals surface area contributed by atoms with Crippen LogP contribution in [0.2, 0.25) is 0 Å². The minimum Gasteiger partial charge on any atom is -0.465 e. The van der Waals surface area contributed by atoms with Gasteiger partial charge in [-0.3, -0.25) is 9.36 Å². The molecule has 0 aliphatic carbocycles. The molecule has 0 amide bonds. The summed E-state index contributed by atoms with van der Waals surface area (Å²) in [5.74, 6) is -0.156. The van der Waals surface area contributed by atoms with Crippen molar-refractivity contribution in [1.29, 1.82) is 0 Å². The number of hydrogen-bond donors (Lipinski definition) is 4. The number of nitrogen functional groups attached to an aromatic ring is 1. The van der Waals surface area contributed by atoms with E-state index in [2.05, 4.69) is 20.0 Å². The zero-order valence-corrected chi connectivity index (χ0v) is 21.1. The highest BCUT2D eigenvalue weighted by atomic mass is 31.2. The fraction of sp³-hybridized carbons (Fsp3) is 0.524. The first kappa shape index (κ1) is 26.2. The van der Waals surface area contributed by atoms with Crippen LogP contribution in [0, 0.1) is 0 Å². The van der Waals surface area contributed by atoms with Gasteiger partial charge in [-0.15, -0.1) is 0 Å². The highest BCUT2D eigenvalue weighted by Gasteiger charge is 2.54. The number of carbonyl (C=O) groups excluding carboxylic acids is 1. The van der Waals surface area contributed by atoms with Gasteiger partial charge in [-0.05, 0) is 20.8 Å². The highest BCUT2D eigenvalue weighted by Crippen LogP contribution is 2.45. The number of nitrogens with zero attached hydrogens (tertiary/aromatic N) is 4. The minimum atomic E-state index is -3.50. The minimum absolute atomic E-state index is 0.165. The van der Waals surface area contributed by atoms with E-state index < -0.39 is 43.6 Å². The van der Waals surface area contributed by atoms with Gasteiger partial charge in [0.15, 0.2) is 6.23 Å². The number of oxazole rings is 1. The molecular weight excluding hydrogens is 495 g/mol. The van der Waals surface area contributed by atoms with Crippen LogP contribution in [0.25, 0.3) is 22.5 Å². The quantitative estimate of drug-likeness (QED) is 0.229. The second-order valence-electron chi connectivity index (χ2n) is 8.69. The molecule has 4 rings (SSSR count). The third kappa shape index (κ3) is 4.88. The number of fused-ring (bicyclic) bond motifs is 1. The first-order valence-electron chi connectivity index (χ1n) is 11.2. The van der Waals surface area contributed by atoms with Crippen molar-refractivity contribution in [3.8, 4) is 11.5 Å². The van der Waals surface area contributed by atoms with Crippen LogP contribution in [0.5, 0.6) is 0 Å². The average molecular weight is 524 g/mol. The lowest BCUT2D eigenvalue weighted by molar-refractivity contribution is -0.144. The summed E-state index contributed by atoms with van der Waals surface area (Å²) in [5, 5.41) is 25.1. The van der Waals surface area contributed by atoms with Gasteiger partial charge < -0.3 is 38.9 Å². The highest BCUT2D eigenvalue weighted by molar-refractivity contribution is 7.56. The molecule has 1 unspecified atom stereocenters. The SMILES string of the molecule is CCOC(=O)[C@H](C)NP(C)(=O)OC[C@H]1O[C@@H](n2cc(-c3ncco3)c3c(N)ncnc32)[C@](C)(O)[C@@H]1O. The Morgan fingerprint density at radius 2 is 2.17 bits per heavy atom. The molecular formula is C21H29N6O8P. The lowest BCUT2D eigenvalue weighted by Gasteiger charge is -2.27. The van der Waals surface area contributed by atoms with Gasteiger partial charge in [0, 0.05) is 12.9 Å². The van der Waals surface area contributed by atoms with Crippen molar-refractivity contribution >= 4 is 30.3 Å². The first-order valence-corrected chi connectivity index (χ1v) is 13.3. The summed E-state index contributed by atoms with van der Waals surface area (Å²) in [6.07, 6.45) is 2.09. The van der Waals surface area contributed by atoms with Crippen LogP contribution in [0.15, 0.2) is 29.4 Å². The molecule has 0 spiro atoms. The zero-order chi connectivity index (χ0) is 26.3. The van der Waals surface area contributed by atoms with Crippen LogP contribution >= 0.6 is 7.52 Å². The van der Waals surface area contributed by atoms with E-state index in [1.54, 1.807) is 13.1 Å². The molecule has 3 aromatic rings. The normalized spacial score (nSPS) is 26.7. The van der Waals surface area contributed by atoms with Crippen molar-refractivity contribution in [2.45, 2.75) is 50.8 Å². The lowest BCUT2D eigenvalue weighted by atomic mass is 9.96. The number of ether oxygens (including phenoxy) is 2. The molecule has 1 aliphatic heterocycles. The molecule has 1 fully saturated rings. The van der Waals surface area contributed by atoms with Gasteiger partial charge in [-0.1, -0.05) is 0 Å². The summed E-state index contributed by atoms with van der Waals surface area (Å²) in [5.41, 5.74) is 5.08. The van der Waals surface area contributed by atoms with E-state index in [9.17, 15) is 19.6 Å². The molecule has 3 aromatic heterocycles. The van der Waals surface area contributed by atoms with Crippen molar-refractivity contribution in [3.63, 3.8) is 0 Å². The van der Waals surface area contributed by atoms with Crippen LogP contribution in [-0.4, -0.2) is 79.4 Å². The van der Waals surface area contributed by atoms with Gasteiger partial charge in [0.25, 0.3) is 7.52 Å². The van der Waals surface area contributed by atoms with Gasteiger partial charge in [0.2, 0.25) is 5.89 Å². The number of nitrogens with two attached hydrogens (primary N) is 1. The Labute approximate surface area is 206 Å². The number of rotatable bonds is 9. The van der Waals surface area contributed by atoms with E-state index in [0.29, 0.717) is 16.6 Å². The summed E-state index contributed by atoms with van der Waals surface area (Å²) in [4.78, 5) is 24.3. The number of aromatic nitrogens is 4. The summed E-state index contributed by atoms with van der Waals surface area (Å²) < 4.78 is 36.2. The lowest BCUT2D eigenvalue weighted by Crippen LogP contribution is -2.44. The summed E-state index contributed by atoms with van der Waals surface area (Å²) in [6.45, 7) is 5.69. The standard InChI is InChI=1S/C21H29N6O8P/c1-5-32-19(29)11(2)26-36(4,31)34-9-13-15(28)21(3,30)20(35-13)27-8-12(18-23-6-7-33-18)14-16(22)24-10-25-17(14)27/h6-8,10-11,13,15,20,28,30H,5,9H2,1-4H3,(H,26,31)(H2,22,24,25)/t11-,13+,15+,20+,21+,36?/m0/s1. The topological polar surface area (TPSA) is 197 Å². The van der Waals surface area contributed by atoms with Crippen molar-refractivity contribution in [2.24, 2.45) is 0 Å². The average Bonchev–Trinajstić information content (AvgIpc) is 3.51. The molecule has 0 bridgehead atoms. The molecule has 1 aliphatic rings. The Balaban J connectivity index is 1.57. The van der Waals surface area contributed by atoms with Crippen LogP contribution in [0.4, 0.5) is 5.82 Å². The molecule has 6 atom stereocenters.